The molecule has 11 rings (SSSR count). The Labute approximate surface area is 299 Å². The maximum atomic E-state index is 4.98. The summed E-state index contributed by atoms with van der Waals surface area (Å²) in [6.07, 6.45) is 3.39. The molecule has 0 atom stereocenters. The molecular weight excluding hydrogens is 635 g/mol. The van der Waals surface area contributed by atoms with E-state index in [-0.39, 0.29) is 0 Å². The monoisotopic (exact) mass is 661 g/mol. The largest absolute Gasteiger partial charge is 0.309 e. The van der Waals surface area contributed by atoms with Gasteiger partial charge in [0, 0.05) is 50.1 Å². The van der Waals surface area contributed by atoms with Gasteiger partial charge in [0.2, 0.25) is 0 Å². The van der Waals surface area contributed by atoms with E-state index in [0.29, 0.717) is 17.5 Å². The van der Waals surface area contributed by atoms with Crippen molar-refractivity contribution in [3.63, 3.8) is 0 Å². The van der Waals surface area contributed by atoms with Gasteiger partial charge in [-0.3, -0.25) is 4.40 Å². The second-order valence-corrected chi connectivity index (χ2v) is 13.2. The highest BCUT2D eigenvalue weighted by Crippen LogP contribution is 2.43. The molecule has 7 aromatic carbocycles. The Morgan fingerprint density at radius 1 is 0.404 bits per heavy atom. The van der Waals surface area contributed by atoms with Crippen LogP contribution in [-0.2, 0) is 0 Å². The number of aromatic nitrogens is 5. The molecule has 0 unspecified atom stereocenters. The number of para-hydroxylation sites is 2. The topological polar surface area (TPSA) is 48.0 Å². The van der Waals surface area contributed by atoms with E-state index in [1.54, 1.807) is 0 Å². The van der Waals surface area contributed by atoms with E-state index in [1.165, 1.54) is 32.6 Å². The number of fused-ring (bicyclic) bond motifs is 7. The van der Waals surface area contributed by atoms with Crippen molar-refractivity contribution in [3.8, 4) is 51.0 Å². The fourth-order valence-corrected chi connectivity index (χ4v) is 7.82. The minimum absolute atomic E-state index is 0.635. The van der Waals surface area contributed by atoms with E-state index in [0.717, 1.165) is 49.9 Å². The van der Waals surface area contributed by atoms with Crippen LogP contribution in [0.15, 0.2) is 164 Å². The summed E-state index contributed by atoms with van der Waals surface area (Å²) in [6.45, 7) is 0. The first-order chi connectivity index (χ1) is 25.8. The molecule has 240 valence electrons. The minimum atomic E-state index is 0.635. The normalized spacial score (nSPS) is 11.7. The third kappa shape index (κ3) is 4.28. The first kappa shape index (κ1) is 28.5. The van der Waals surface area contributed by atoms with Crippen LogP contribution < -0.4 is 0 Å². The fraction of sp³-hybridized carbons (Fsp3) is 0. The lowest BCUT2D eigenvalue weighted by Crippen LogP contribution is -2.00. The molecule has 0 amide bonds. The first-order valence-electron chi connectivity index (χ1n) is 17.4. The summed E-state index contributed by atoms with van der Waals surface area (Å²) in [6, 6.07) is 60.5. The van der Waals surface area contributed by atoms with Gasteiger partial charge in [-0.25, -0.2) is 15.0 Å². The second-order valence-electron chi connectivity index (χ2n) is 13.2. The van der Waals surface area contributed by atoms with Gasteiger partial charge in [0.1, 0.15) is 0 Å². The van der Waals surface area contributed by atoms with Gasteiger partial charge < -0.3 is 4.57 Å². The number of rotatable bonds is 5. The van der Waals surface area contributed by atoms with Crippen LogP contribution in [-0.4, -0.2) is 23.9 Å². The van der Waals surface area contributed by atoms with Gasteiger partial charge in [-0.1, -0.05) is 127 Å². The fourth-order valence-electron chi connectivity index (χ4n) is 7.82. The lowest BCUT2D eigenvalue weighted by atomic mass is 10.0. The van der Waals surface area contributed by atoms with Gasteiger partial charge in [0.25, 0.3) is 0 Å². The third-order valence-electron chi connectivity index (χ3n) is 10.1. The quantitative estimate of drug-likeness (QED) is 0.184. The maximum absolute atomic E-state index is 4.98. The molecule has 0 saturated heterocycles. The van der Waals surface area contributed by atoms with Crippen LogP contribution in [0.2, 0.25) is 0 Å². The van der Waals surface area contributed by atoms with Crippen LogP contribution in [0.3, 0.4) is 0 Å². The summed E-state index contributed by atoms with van der Waals surface area (Å²) in [5.41, 5.74) is 10.7. The highest BCUT2D eigenvalue weighted by Gasteiger charge is 2.21. The molecule has 11 aromatic rings. The average Bonchev–Trinajstić information content (AvgIpc) is 3.90. The van der Waals surface area contributed by atoms with Crippen molar-refractivity contribution in [1.82, 2.24) is 23.9 Å². The highest BCUT2D eigenvalue weighted by molar-refractivity contribution is 6.31. The maximum Gasteiger partial charge on any atom is 0.164 e. The van der Waals surface area contributed by atoms with Crippen LogP contribution >= 0.6 is 0 Å². The third-order valence-corrected chi connectivity index (χ3v) is 10.1. The van der Waals surface area contributed by atoms with Crippen molar-refractivity contribution in [3.05, 3.63) is 176 Å². The number of nitrogens with zero attached hydrogens (tertiary/aromatic N) is 5. The molecule has 0 aliphatic carbocycles. The molecule has 0 radical (unpaired) electrons. The molecule has 5 heteroatoms. The standard InChI is InChI=1S/C47H27N5/c1-3-13-30(14-4-1)45-48-46(31-15-5-2-6-16-31)50-47(49-45)35-19-11-17-32(27-35)33-18-12-20-36(28-33)52-40-24-10-8-22-38(40)42-41(52)29-34-25-26-51-39-23-9-7-21-37(39)43(42)44(34)51/h1-24,27-29H. The van der Waals surface area contributed by atoms with Crippen molar-refractivity contribution >= 4 is 49.0 Å². The van der Waals surface area contributed by atoms with E-state index in [2.05, 4.69) is 124 Å². The Morgan fingerprint density at radius 2 is 0.942 bits per heavy atom. The summed E-state index contributed by atoms with van der Waals surface area (Å²) in [5.74, 6) is 1.93. The van der Waals surface area contributed by atoms with E-state index < -0.39 is 0 Å². The van der Waals surface area contributed by atoms with Crippen LogP contribution in [0.4, 0.5) is 0 Å². The summed E-state index contributed by atoms with van der Waals surface area (Å²) in [5, 5.41) is 6.02. The molecule has 5 nitrogen and oxygen atoms in total. The Hall–Kier alpha value is -7.29. The van der Waals surface area contributed by atoms with Crippen LogP contribution in [0.5, 0.6) is 0 Å². The molecule has 4 aromatic heterocycles. The second kappa shape index (κ2) is 11.1. The highest BCUT2D eigenvalue weighted by atomic mass is 15.0. The lowest BCUT2D eigenvalue weighted by molar-refractivity contribution is 1.07. The molecule has 0 aliphatic rings. The number of hydrogen-bond donors (Lipinski definition) is 0. The predicted molar refractivity (Wildman–Crippen MR) is 211 cm³/mol. The van der Waals surface area contributed by atoms with Crippen LogP contribution in [0.1, 0.15) is 0 Å². The number of benzene rings is 7. The SMILES string of the molecule is c1c2cc3c(c4ccccc4n3-c3cccc(-c4cccc(-c5nc(-c6ccccc6)nc(-c6ccccc6)n5)c4)c3)c3c4ccccc4n(c#1)c23. The molecule has 0 bridgehead atoms. The molecule has 52 heavy (non-hydrogen) atoms. The molecular formula is C47H27N5. The van der Waals surface area contributed by atoms with Crippen molar-refractivity contribution in [2.45, 2.75) is 0 Å². The van der Waals surface area contributed by atoms with E-state index in [4.69, 9.17) is 15.0 Å². The zero-order valence-corrected chi connectivity index (χ0v) is 27.8. The van der Waals surface area contributed by atoms with E-state index in [1.807, 2.05) is 60.7 Å². The van der Waals surface area contributed by atoms with Crippen molar-refractivity contribution < 1.29 is 0 Å². The minimum Gasteiger partial charge on any atom is -0.309 e. The zero-order chi connectivity index (χ0) is 34.2. The predicted octanol–water partition coefficient (Wildman–Crippen LogP) is 11.2. The van der Waals surface area contributed by atoms with E-state index in [9.17, 15) is 0 Å². The van der Waals surface area contributed by atoms with Gasteiger partial charge in [0.05, 0.1) is 27.5 Å². The number of hydrogen-bond acceptors (Lipinski definition) is 3. The Morgan fingerprint density at radius 3 is 1.65 bits per heavy atom. The smallest absolute Gasteiger partial charge is 0.164 e. The molecule has 4 heterocycles. The van der Waals surface area contributed by atoms with Gasteiger partial charge in [-0.2, -0.15) is 0 Å². The summed E-state index contributed by atoms with van der Waals surface area (Å²) in [7, 11) is 0. The molecule has 0 saturated carbocycles. The van der Waals surface area contributed by atoms with Gasteiger partial charge in [-0.05, 0) is 53.6 Å². The molecule has 0 spiro atoms. The Balaban J connectivity index is 1.08. The van der Waals surface area contributed by atoms with E-state index >= 15 is 0 Å². The first-order valence-corrected chi connectivity index (χ1v) is 17.4. The van der Waals surface area contributed by atoms with Gasteiger partial charge in [-0.15, -0.1) is 0 Å². The van der Waals surface area contributed by atoms with Crippen LogP contribution in [0, 0.1) is 12.3 Å². The van der Waals surface area contributed by atoms with Gasteiger partial charge >= 0.3 is 0 Å². The molecule has 0 fully saturated rings. The average molecular weight is 662 g/mol. The lowest BCUT2D eigenvalue weighted by Gasteiger charge is -2.12. The van der Waals surface area contributed by atoms with Crippen molar-refractivity contribution in [2.24, 2.45) is 0 Å². The molecule has 0 aliphatic heterocycles. The van der Waals surface area contributed by atoms with Crippen molar-refractivity contribution in [1.29, 1.82) is 0 Å². The van der Waals surface area contributed by atoms with Crippen LogP contribution in [0.25, 0.3) is 100.0 Å². The Kier molecular flexibility index (Phi) is 6.10. The molecule has 0 N–H and O–H groups in total. The van der Waals surface area contributed by atoms with Gasteiger partial charge in [0.15, 0.2) is 17.5 Å². The Bertz CT molecular complexity index is 3060. The zero-order valence-electron chi connectivity index (χ0n) is 27.8. The summed E-state index contributed by atoms with van der Waals surface area (Å²) >= 11 is 0. The summed E-state index contributed by atoms with van der Waals surface area (Å²) < 4.78 is 4.56. The summed E-state index contributed by atoms with van der Waals surface area (Å²) in [4.78, 5) is 14.9. The van der Waals surface area contributed by atoms with Crippen molar-refractivity contribution in [2.75, 3.05) is 0 Å².